The molecule has 0 aromatic rings. The van der Waals surface area contributed by atoms with E-state index in [9.17, 15) is 9.59 Å². The van der Waals surface area contributed by atoms with Gasteiger partial charge in [0.2, 0.25) is 5.91 Å². The van der Waals surface area contributed by atoms with Crippen LogP contribution in [0.15, 0.2) is 0 Å². The molecule has 104 valence electrons. The van der Waals surface area contributed by atoms with Crippen molar-refractivity contribution in [1.29, 1.82) is 0 Å². The van der Waals surface area contributed by atoms with Gasteiger partial charge in [-0.2, -0.15) is 0 Å². The molecule has 0 aromatic carbocycles. The van der Waals surface area contributed by atoms with E-state index in [0.29, 0.717) is 0 Å². The maximum Gasteiger partial charge on any atom is 0.407 e. The van der Waals surface area contributed by atoms with Crippen molar-refractivity contribution in [1.82, 2.24) is 10.2 Å². The first-order valence-corrected chi connectivity index (χ1v) is 6.66. The summed E-state index contributed by atoms with van der Waals surface area (Å²) in [6.07, 6.45) is 2.37. The number of likely N-dealkylation sites (tertiary alicyclic amines) is 1. The molecule has 18 heavy (non-hydrogen) atoms. The molecule has 1 aliphatic rings. The minimum Gasteiger partial charge on any atom is -0.453 e. The highest BCUT2D eigenvalue weighted by Crippen LogP contribution is 2.20. The Bertz CT molecular complexity index is 307. The van der Waals surface area contributed by atoms with E-state index in [2.05, 4.69) is 17.0 Å². The van der Waals surface area contributed by atoms with Gasteiger partial charge in [0.15, 0.2) is 0 Å². The molecule has 1 unspecified atom stereocenters. The van der Waals surface area contributed by atoms with Crippen molar-refractivity contribution in [3.05, 3.63) is 0 Å². The molecule has 0 saturated carbocycles. The summed E-state index contributed by atoms with van der Waals surface area (Å²) in [5.41, 5.74) is 0. The lowest BCUT2D eigenvalue weighted by atomic mass is 9.97. The quantitative estimate of drug-likeness (QED) is 0.834. The lowest BCUT2D eigenvalue weighted by Crippen LogP contribution is -2.52. The van der Waals surface area contributed by atoms with Crippen LogP contribution in [-0.4, -0.2) is 42.6 Å². The van der Waals surface area contributed by atoms with Gasteiger partial charge in [-0.15, -0.1) is 0 Å². The van der Waals surface area contributed by atoms with Crippen LogP contribution in [0.5, 0.6) is 0 Å². The number of ether oxygens (including phenoxy) is 1. The number of nitrogens with one attached hydrogen (secondary N) is 1. The summed E-state index contributed by atoms with van der Waals surface area (Å²) >= 11 is 0. The fourth-order valence-electron chi connectivity index (χ4n) is 2.31. The summed E-state index contributed by atoms with van der Waals surface area (Å²) in [5.74, 6) is 0.115. The van der Waals surface area contributed by atoms with E-state index < -0.39 is 12.1 Å². The summed E-state index contributed by atoms with van der Waals surface area (Å²) in [4.78, 5) is 25.7. The molecule has 1 N–H and O–H groups in total. The van der Waals surface area contributed by atoms with E-state index in [0.717, 1.165) is 25.8 Å². The average molecular weight is 256 g/mol. The van der Waals surface area contributed by atoms with Crippen molar-refractivity contribution in [3.63, 3.8) is 0 Å². The minimum absolute atomic E-state index is 0.0137. The molecule has 1 saturated heterocycles. The first-order chi connectivity index (χ1) is 8.51. The van der Waals surface area contributed by atoms with Gasteiger partial charge >= 0.3 is 6.09 Å². The van der Waals surface area contributed by atoms with Crippen LogP contribution in [0.3, 0.4) is 0 Å². The number of hydrogen-bond donors (Lipinski definition) is 1. The second-order valence-electron chi connectivity index (χ2n) is 5.02. The zero-order valence-corrected chi connectivity index (χ0v) is 11.7. The van der Waals surface area contributed by atoms with Crippen molar-refractivity contribution < 1.29 is 14.3 Å². The van der Waals surface area contributed by atoms with Crippen LogP contribution < -0.4 is 5.32 Å². The molecule has 3 atom stereocenters. The van der Waals surface area contributed by atoms with Crippen molar-refractivity contribution in [2.24, 2.45) is 5.92 Å². The van der Waals surface area contributed by atoms with Crippen molar-refractivity contribution in [2.75, 3.05) is 13.7 Å². The van der Waals surface area contributed by atoms with Gasteiger partial charge in [0, 0.05) is 12.6 Å². The maximum absolute atomic E-state index is 12.5. The third-order valence-corrected chi connectivity index (χ3v) is 3.77. The minimum atomic E-state index is -0.541. The predicted molar refractivity (Wildman–Crippen MR) is 69.2 cm³/mol. The number of amides is 2. The van der Waals surface area contributed by atoms with Crippen molar-refractivity contribution in [2.45, 2.75) is 52.1 Å². The average Bonchev–Trinajstić information content (AvgIpc) is 2.80. The Morgan fingerprint density at radius 1 is 1.50 bits per heavy atom. The third kappa shape index (κ3) is 3.37. The highest BCUT2D eigenvalue weighted by molar-refractivity contribution is 5.86. The van der Waals surface area contributed by atoms with Crippen LogP contribution in [0.2, 0.25) is 0 Å². The van der Waals surface area contributed by atoms with Gasteiger partial charge in [-0.1, -0.05) is 20.3 Å². The lowest BCUT2D eigenvalue weighted by molar-refractivity contribution is -0.135. The molecular weight excluding hydrogens is 232 g/mol. The Kier molecular flexibility index (Phi) is 5.44. The van der Waals surface area contributed by atoms with E-state index in [-0.39, 0.29) is 17.9 Å². The maximum atomic E-state index is 12.5. The molecule has 0 aliphatic carbocycles. The molecular formula is C13H24N2O3. The monoisotopic (exact) mass is 256 g/mol. The summed E-state index contributed by atoms with van der Waals surface area (Å²) < 4.78 is 4.59. The van der Waals surface area contributed by atoms with Gasteiger partial charge < -0.3 is 15.0 Å². The van der Waals surface area contributed by atoms with Gasteiger partial charge in [-0.25, -0.2) is 4.79 Å². The Hall–Kier alpha value is -1.26. The smallest absolute Gasteiger partial charge is 0.407 e. The summed E-state index contributed by atoms with van der Waals surface area (Å²) in [7, 11) is 1.31. The first kappa shape index (κ1) is 14.8. The SMILES string of the molecule is CC[C@H](C)[C@H](NC(=O)OC)C(=O)N1CCCC1C. The van der Waals surface area contributed by atoms with Crippen molar-refractivity contribution >= 4 is 12.0 Å². The van der Waals surface area contributed by atoms with E-state index in [1.807, 2.05) is 18.7 Å². The Morgan fingerprint density at radius 3 is 2.61 bits per heavy atom. The van der Waals surface area contributed by atoms with Gasteiger partial charge in [0.25, 0.3) is 0 Å². The van der Waals surface area contributed by atoms with Crippen molar-refractivity contribution in [3.8, 4) is 0 Å². The Labute approximate surface area is 109 Å². The molecule has 1 rings (SSSR count). The van der Waals surface area contributed by atoms with Crippen LogP contribution in [0.1, 0.15) is 40.0 Å². The predicted octanol–water partition coefficient (Wildman–Crippen LogP) is 1.77. The summed E-state index contributed by atoms with van der Waals surface area (Å²) in [6.45, 7) is 6.82. The van der Waals surface area contributed by atoms with E-state index in [1.165, 1.54) is 7.11 Å². The molecule has 1 fully saturated rings. The number of methoxy groups -OCH3 is 1. The third-order valence-electron chi connectivity index (χ3n) is 3.77. The van der Waals surface area contributed by atoms with Gasteiger partial charge in [-0.05, 0) is 25.7 Å². The van der Waals surface area contributed by atoms with Gasteiger partial charge in [0.1, 0.15) is 6.04 Å². The van der Waals surface area contributed by atoms with E-state index in [4.69, 9.17) is 0 Å². The molecule has 1 aliphatic heterocycles. The normalized spacial score (nSPS) is 22.4. The fourth-order valence-corrected chi connectivity index (χ4v) is 2.31. The molecule has 2 amide bonds. The number of carbonyl (C=O) groups is 2. The van der Waals surface area contributed by atoms with E-state index >= 15 is 0 Å². The molecule has 5 nitrogen and oxygen atoms in total. The number of hydrogen-bond acceptors (Lipinski definition) is 3. The summed E-state index contributed by atoms with van der Waals surface area (Å²) in [5, 5.41) is 2.66. The Balaban J connectivity index is 2.75. The van der Waals surface area contributed by atoms with Crippen LogP contribution in [-0.2, 0) is 9.53 Å². The zero-order chi connectivity index (χ0) is 13.7. The van der Waals surface area contributed by atoms with Gasteiger partial charge in [-0.3, -0.25) is 4.79 Å². The summed E-state index contributed by atoms with van der Waals surface area (Å²) in [6, 6.07) is -0.216. The second kappa shape index (κ2) is 6.61. The van der Waals surface area contributed by atoms with Crippen LogP contribution in [0.25, 0.3) is 0 Å². The number of nitrogens with zero attached hydrogens (tertiary/aromatic N) is 1. The lowest BCUT2D eigenvalue weighted by Gasteiger charge is -2.30. The fraction of sp³-hybridized carbons (Fsp3) is 0.846. The number of rotatable bonds is 4. The highest BCUT2D eigenvalue weighted by atomic mass is 16.5. The molecule has 0 spiro atoms. The largest absolute Gasteiger partial charge is 0.453 e. The van der Waals surface area contributed by atoms with E-state index in [1.54, 1.807) is 0 Å². The van der Waals surface area contributed by atoms with Crippen LogP contribution in [0.4, 0.5) is 4.79 Å². The molecule has 0 bridgehead atoms. The molecule has 1 heterocycles. The number of alkyl carbamates (subject to hydrolysis) is 1. The Morgan fingerprint density at radius 2 is 2.17 bits per heavy atom. The van der Waals surface area contributed by atoms with Gasteiger partial charge in [0.05, 0.1) is 7.11 Å². The molecule has 5 heteroatoms. The topological polar surface area (TPSA) is 58.6 Å². The zero-order valence-electron chi connectivity index (χ0n) is 11.7. The first-order valence-electron chi connectivity index (χ1n) is 6.66. The molecule has 0 aromatic heterocycles. The van der Waals surface area contributed by atoms with Crippen LogP contribution >= 0.6 is 0 Å². The second-order valence-corrected chi connectivity index (χ2v) is 5.02. The van der Waals surface area contributed by atoms with Crippen LogP contribution in [0, 0.1) is 5.92 Å². The standard InChI is InChI=1S/C13H24N2O3/c1-5-9(2)11(14-13(17)18-4)12(16)15-8-6-7-10(15)3/h9-11H,5-8H2,1-4H3,(H,14,17)/t9-,10?,11-/m0/s1. The molecule has 0 radical (unpaired) electrons. The number of carbonyl (C=O) groups excluding carboxylic acids is 2. The highest BCUT2D eigenvalue weighted by Gasteiger charge is 2.34.